The Morgan fingerprint density at radius 3 is 2.57 bits per heavy atom. The number of hydrogen-bond donors (Lipinski definition) is 1. The van der Waals surface area contributed by atoms with Crippen molar-refractivity contribution in [1.82, 2.24) is 0 Å². The van der Waals surface area contributed by atoms with Crippen molar-refractivity contribution < 1.29 is 9.47 Å². The third-order valence-electron chi connectivity index (χ3n) is 5.76. The number of nitriles is 3. The van der Waals surface area contributed by atoms with Gasteiger partial charge in [0.2, 0.25) is 0 Å². The van der Waals surface area contributed by atoms with Gasteiger partial charge in [0.25, 0.3) is 0 Å². The molecule has 3 rings (SSSR count). The highest BCUT2D eigenvalue weighted by molar-refractivity contribution is 5.59. The van der Waals surface area contributed by atoms with E-state index in [2.05, 4.69) is 18.2 Å². The summed E-state index contributed by atoms with van der Waals surface area (Å²) >= 11 is 0. The average Bonchev–Trinajstić information content (AvgIpc) is 2.73. The van der Waals surface area contributed by atoms with Gasteiger partial charge in [0.05, 0.1) is 37.1 Å². The summed E-state index contributed by atoms with van der Waals surface area (Å²) in [5, 5.41) is 29.8. The Morgan fingerprint density at radius 1 is 1.21 bits per heavy atom. The predicted octanol–water partition coefficient (Wildman–Crippen LogP) is 3.44. The first-order chi connectivity index (χ1) is 13.6. The molecule has 0 spiro atoms. The molecule has 2 N–H and O–H groups in total. The van der Waals surface area contributed by atoms with Crippen LogP contribution in [-0.2, 0) is 11.3 Å². The topological polar surface area (TPSA) is 116 Å². The molecule has 0 saturated heterocycles. The van der Waals surface area contributed by atoms with Crippen LogP contribution in [0.4, 0.5) is 0 Å². The predicted molar refractivity (Wildman–Crippen MR) is 102 cm³/mol. The maximum absolute atomic E-state index is 10.1. The number of fused-ring (bicyclic) bond motifs is 1. The number of nitrogens with two attached hydrogens (primary N) is 1. The highest BCUT2D eigenvalue weighted by atomic mass is 16.5. The molecule has 0 amide bonds. The first kappa shape index (κ1) is 19.5. The molecule has 0 bridgehead atoms. The number of hydrogen-bond acceptors (Lipinski definition) is 6. The first-order valence-electron chi connectivity index (χ1n) is 9.16. The molecule has 6 nitrogen and oxygen atoms in total. The number of allylic oxidation sites excluding steroid dienone is 4. The van der Waals surface area contributed by atoms with Crippen LogP contribution >= 0.6 is 0 Å². The van der Waals surface area contributed by atoms with Crippen LogP contribution in [0.25, 0.3) is 0 Å². The lowest BCUT2D eigenvalue weighted by molar-refractivity contribution is 0.181. The van der Waals surface area contributed by atoms with Crippen LogP contribution in [0.15, 0.2) is 41.1 Å². The highest BCUT2D eigenvalue weighted by Gasteiger charge is 2.53. The second kappa shape index (κ2) is 7.77. The van der Waals surface area contributed by atoms with Gasteiger partial charge in [0, 0.05) is 18.6 Å². The molecule has 2 aliphatic rings. The maximum atomic E-state index is 10.1. The molecule has 28 heavy (non-hydrogen) atoms. The number of nitrogens with zero attached hydrogens (tertiary/aromatic N) is 3. The summed E-state index contributed by atoms with van der Waals surface area (Å²) in [4.78, 5) is 0. The molecular weight excluding hydrogens is 352 g/mol. The van der Waals surface area contributed by atoms with Crippen LogP contribution in [-0.4, -0.2) is 14.2 Å². The molecule has 0 unspecified atom stereocenters. The lowest BCUT2D eigenvalue weighted by atomic mass is 9.56. The SMILES string of the molecule is COCc1cc([C@H]2[C@@H]3CCCC=C3C(C#N)=C(N)C2(C#N)C#N)ccc1OC. The molecule has 142 valence electrons. The summed E-state index contributed by atoms with van der Waals surface area (Å²) in [7, 11) is 3.19. The monoisotopic (exact) mass is 374 g/mol. The third-order valence-corrected chi connectivity index (χ3v) is 5.76. The standard InChI is InChI=1S/C22H22N4O2/c1-27-11-15-9-14(7-8-19(15)28-2)20-17-6-4-3-5-16(17)18(10-23)21(26)22(20,12-24)13-25/h5,7-9,17,20H,3-4,6,11,26H2,1-2H3/t17-,20+/m1/s1. The van der Waals surface area contributed by atoms with E-state index < -0.39 is 11.3 Å². The van der Waals surface area contributed by atoms with Crippen LogP contribution in [0, 0.1) is 45.3 Å². The Morgan fingerprint density at radius 2 is 1.96 bits per heavy atom. The number of methoxy groups -OCH3 is 2. The zero-order valence-electron chi connectivity index (χ0n) is 16.0. The Hall–Kier alpha value is -3.27. The molecule has 0 heterocycles. The molecule has 0 radical (unpaired) electrons. The lowest BCUT2D eigenvalue weighted by Crippen LogP contribution is -2.42. The van der Waals surface area contributed by atoms with E-state index in [1.807, 2.05) is 24.3 Å². The fourth-order valence-corrected chi connectivity index (χ4v) is 4.51. The molecular formula is C22H22N4O2. The van der Waals surface area contributed by atoms with Crippen molar-refractivity contribution in [3.8, 4) is 24.0 Å². The fraction of sp³-hybridized carbons (Fsp3) is 0.409. The van der Waals surface area contributed by atoms with E-state index in [1.54, 1.807) is 14.2 Å². The summed E-state index contributed by atoms with van der Waals surface area (Å²) in [5.74, 6) is 0.105. The number of rotatable bonds is 4. The van der Waals surface area contributed by atoms with Gasteiger partial charge in [0.15, 0.2) is 5.41 Å². The minimum absolute atomic E-state index is 0.0542. The van der Waals surface area contributed by atoms with Crippen molar-refractivity contribution in [3.05, 3.63) is 52.2 Å². The summed E-state index contributed by atoms with van der Waals surface area (Å²) in [6.07, 6.45) is 4.63. The summed E-state index contributed by atoms with van der Waals surface area (Å²) in [6.45, 7) is 0.345. The van der Waals surface area contributed by atoms with Gasteiger partial charge in [-0.3, -0.25) is 0 Å². The third kappa shape index (κ3) is 2.82. The summed E-state index contributed by atoms with van der Waals surface area (Å²) < 4.78 is 10.7. The largest absolute Gasteiger partial charge is 0.496 e. The lowest BCUT2D eigenvalue weighted by Gasteiger charge is -2.43. The zero-order valence-corrected chi connectivity index (χ0v) is 16.0. The molecule has 0 aliphatic heterocycles. The van der Waals surface area contributed by atoms with E-state index in [-0.39, 0.29) is 17.2 Å². The van der Waals surface area contributed by atoms with Gasteiger partial charge in [0.1, 0.15) is 11.8 Å². The van der Waals surface area contributed by atoms with Crippen molar-refractivity contribution in [3.63, 3.8) is 0 Å². The van der Waals surface area contributed by atoms with E-state index >= 15 is 0 Å². The smallest absolute Gasteiger partial charge is 0.191 e. The van der Waals surface area contributed by atoms with Crippen molar-refractivity contribution in [2.24, 2.45) is 17.1 Å². The number of ether oxygens (including phenoxy) is 2. The van der Waals surface area contributed by atoms with Gasteiger partial charge in [-0.2, -0.15) is 15.8 Å². The molecule has 2 atom stereocenters. The van der Waals surface area contributed by atoms with Crippen LogP contribution in [0.3, 0.4) is 0 Å². The number of benzene rings is 1. The summed E-state index contributed by atoms with van der Waals surface area (Å²) in [6, 6.07) is 12.1. The molecule has 1 aromatic rings. The van der Waals surface area contributed by atoms with Crippen molar-refractivity contribution in [2.75, 3.05) is 14.2 Å². The summed E-state index contributed by atoms with van der Waals surface area (Å²) in [5.41, 5.74) is 7.57. The van der Waals surface area contributed by atoms with Gasteiger partial charge in [-0.1, -0.05) is 12.1 Å². The Bertz CT molecular complexity index is 958. The van der Waals surface area contributed by atoms with E-state index in [4.69, 9.17) is 15.2 Å². The molecule has 0 saturated carbocycles. The van der Waals surface area contributed by atoms with Crippen LogP contribution < -0.4 is 10.5 Å². The van der Waals surface area contributed by atoms with Crippen LogP contribution in [0.2, 0.25) is 0 Å². The first-order valence-corrected chi connectivity index (χ1v) is 9.16. The maximum Gasteiger partial charge on any atom is 0.191 e. The molecule has 6 heteroatoms. The van der Waals surface area contributed by atoms with Gasteiger partial charge >= 0.3 is 0 Å². The van der Waals surface area contributed by atoms with Gasteiger partial charge in [-0.25, -0.2) is 0 Å². The molecule has 2 aliphatic carbocycles. The van der Waals surface area contributed by atoms with E-state index in [9.17, 15) is 15.8 Å². The minimum Gasteiger partial charge on any atom is -0.496 e. The Labute approximate surface area is 165 Å². The Balaban J connectivity index is 2.28. The molecule has 0 fully saturated rings. The molecule has 1 aromatic carbocycles. The average molecular weight is 374 g/mol. The molecule has 0 aromatic heterocycles. The Kier molecular flexibility index (Phi) is 5.41. The van der Waals surface area contributed by atoms with Crippen LogP contribution in [0.1, 0.15) is 36.3 Å². The quantitative estimate of drug-likeness (QED) is 0.863. The van der Waals surface area contributed by atoms with E-state index in [1.165, 1.54) is 0 Å². The normalized spacial score (nSPS) is 22.9. The fourth-order valence-electron chi connectivity index (χ4n) is 4.51. The van der Waals surface area contributed by atoms with E-state index in [0.717, 1.165) is 36.0 Å². The second-order valence-corrected chi connectivity index (χ2v) is 7.11. The minimum atomic E-state index is -1.59. The van der Waals surface area contributed by atoms with E-state index in [0.29, 0.717) is 12.4 Å². The second-order valence-electron chi connectivity index (χ2n) is 7.11. The van der Waals surface area contributed by atoms with Gasteiger partial charge in [-0.05, 0) is 48.4 Å². The van der Waals surface area contributed by atoms with Crippen molar-refractivity contribution in [2.45, 2.75) is 31.8 Å². The van der Waals surface area contributed by atoms with Crippen molar-refractivity contribution >= 4 is 0 Å². The van der Waals surface area contributed by atoms with Gasteiger partial charge in [-0.15, -0.1) is 0 Å². The van der Waals surface area contributed by atoms with Crippen LogP contribution in [0.5, 0.6) is 5.75 Å². The van der Waals surface area contributed by atoms with Gasteiger partial charge < -0.3 is 15.2 Å². The van der Waals surface area contributed by atoms with Crippen molar-refractivity contribution in [1.29, 1.82) is 15.8 Å². The zero-order chi connectivity index (χ0) is 20.3. The highest BCUT2D eigenvalue weighted by Crippen LogP contribution is 2.56.